The Hall–Kier alpha value is -1.94. The van der Waals surface area contributed by atoms with E-state index in [4.69, 9.17) is 0 Å². The molecule has 0 unspecified atom stereocenters. The standard InChI is InChI=1S/C13H15N2O2/c1-15(2)10-13(17)14-12-8-4-3-6-11(12)7-5-9-16/h3-8H,10H2,1-2H3,(H,14,17)/b7-5+. The summed E-state index contributed by atoms with van der Waals surface area (Å²) in [6.07, 6.45) is 4.56. The normalized spacial score (nSPS) is 10.8. The molecule has 1 aromatic carbocycles. The summed E-state index contributed by atoms with van der Waals surface area (Å²) in [6, 6.07) is 7.27. The average Bonchev–Trinajstić information content (AvgIpc) is 2.26. The quantitative estimate of drug-likeness (QED) is 0.777. The molecular formula is C13H15N2O2. The summed E-state index contributed by atoms with van der Waals surface area (Å²) in [7, 11) is 3.65. The lowest BCUT2D eigenvalue weighted by Gasteiger charge is -2.11. The zero-order chi connectivity index (χ0) is 12.7. The van der Waals surface area contributed by atoms with Crippen molar-refractivity contribution >= 4 is 24.0 Å². The van der Waals surface area contributed by atoms with Crippen LogP contribution in [0.5, 0.6) is 0 Å². The Bertz CT molecular complexity index is 425. The van der Waals surface area contributed by atoms with Crippen LogP contribution in [0.25, 0.3) is 6.08 Å². The van der Waals surface area contributed by atoms with Gasteiger partial charge in [-0.05, 0) is 37.9 Å². The lowest BCUT2D eigenvalue weighted by atomic mass is 10.1. The molecule has 0 heterocycles. The largest absolute Gasteiger partial charge is 0.324 e. The van der Waals surface area contributed by atoms with Crippen molar-refractivity contribution < 1.29 is 9.59 Å². The third-order valence-corrected chi connectivity index (χ3v) is 2.03. The van der Waals surface area contributed by atoms with Crippen LogP contribution in [-0.2, 0) is 9.59 Å². The van der Waals surface area contributed by atoms with Crippen LogP contribution in [0.4, 0.5) is 5.69 Å². The van der Waals surface area contributed by atoms with Gasteiger partial charge < -0.3 is 10.2 Å². The Kier molecular flexibility index (Phi) is 5.10. The predicted octanol–water partition coefficient (Wildman–Crippen LogP) is 1.31. The number of para-hydroxylation sites is 1. The average molecular weight is 231 g/mol. The molecule has 1 radical (unpaired) electrons. The van der Waals surface area contributed by atoms with E-state index in [2.05, 4.69) is 5.32 Å². The number of nitrogens with zero attached hydrogens (tertiary/aromatic N) is 1. The molecule has 1 amide bonds. The number of carbonyl (C=O) groups excluding carboxylic acids is 2. The van der Waals surface area contributed by atoms with Gasteiger partial charge in [-0.25, -0.2) is 0 Å². The zero-order valence-electron chi connectivity index (χ0n) is 9.93. The van der Waals surface area contributed by atoms with E-state index in [0.717, 1.165) is 5.56 Å². The van der Waals surface area contributed by atoms with Crippen LogP contribution in [0.3, 0.4) is 0 Å². The highest BCUT2D eigenvalue weighted by atomic mass is 16.2. The molecule has 0 fully saturated rings. The molecule has 1 aromatic rings. The Morgan fingerprint density at radius 2 is 2.12 bits per heavy atom. The number of hydrogen-bond donors (Lipinski definition) is 1. The van der Waals surface area contributed by atoms with Crippen molar-refractivity contribution in [3.8, 4) is 0 Å². The number of hydrogen-bond acceptors (Lipinski definition) is 3. The van der Waals surface area contributed by atoms with Crippen LogP contribution in [0.15, 0.2) is 30.3 Å². The van der Waals surface area contributed by atoms with E-state index in [1.165, 1.54) is 6.08 Å². The highest BCUT2D eigenvalue weighted by Crippen LogP contribution is 2.16. The molecule has 1 rings (SSSR count). The number of likely N-dealkylation sites (N-methyl/N-ethyl adjacent to an activating group) is 1. The van der Waals surface area contributed by atoms with E-state index in [0.29, 0.717) is 12.2 Å². The Labute approximate surface area is 101 Å². The molecule has 4 heteroatoms. The van der Waals surface area contributed by atoms with Crippen molar-refractivity contribution in [1.29, 1.82) is 0 Å². The first kappa shape index (κ1) is 13.1. The van der Waals surface area contributed by atoms with Crippen LogP contribution in [0.2, 0.25) is 0 Å². The maximum atomic E-state index is 11.6. The van der Waals surface area contributed by atoms with Gasteiger partial charge in [0, 0.05) is 5.69 Å². The molecule has 4 nitrogen and oxygen atoms in total. The van der Waals surface area contributed by atoms with Gasteiger partial charge in [0.2, 0.25) is 12.2 Å². The van der Waals surface area contributed by atoms with Gasteiger partial charge in [0.05, 0.1) is 6.54 Å². The smallest absolute Gasteiger partial charge is 0.238 e. The number of allylic oxidation sites excluding steroid dienone is 1. The number of carbonyl (C=O) groups is 1. The summed E-state index contributed by atoms with van der Waals surface area (Å²) in [5.41, 5.74) is 1.47. The fourth-order valence-corrected chi connectivity index (χ4v) is 1.36. The van der Waals surface area contributed by atoms with Crippen LogP contribution < -0.4 is 5.32 Å². The van der Waals surface area contributed by atoms with Crippen molar-refractivity contribution in [2.45, 2.75) is 0 Å². The molecule has 17 heavy (non-hydrogen) atoms. The second kappa shape index (κ2) is 6.60. The molecule has 0 spiro atoms. The minimum absolute atomic E-state index is 0.0917. The molecule has 89 valence electrons. The minimum atomic E-state index is -0.0917. The number of rotatable bonds is 5. The highest BCUT2D eigenvalue weighted by molar-refractivity contribution is 5.94. The first-order chi connectivity index (χ1) is 8.13. The van der Waals surface area contributed by atoms with E-state index in [1.807, 2.05) is 32.3 Å². The van der Waals surface area contributed by atoms with Gasteiger partial charge in [-0.2, -0.15) is 0 Å². The predicted molar refractivity (Wildman–Crippen MR) is 68.4 cm³/mol. The summed E-state index contributed by atoms with van der Waals surface area (Å²) in [6.45, 7) is 0.317. The Morgan fingerprint density at radius 3 is 2.76 bits per heavy atom. The molecule has 0 aliphatic heterocycles. The third kappa shape index (κ3) is 4.61. The van der Waals surface area contributed by atoms with E-state index in [9.17, 15) is 9.59 Å². The summed E-state index contributed by atoms with van der Waals surface area (Å²) < 4.78 is 0. The van der Waals surface area contributed by atoms with Crippen LogP contribution >= 0.6 is 0 Å². The van der Waals surface area contributed by atoms with Gasteiger partial charge in [-0.3, -0.25) is 9.59 Å². The van der Waals surface area contributed by atoms with E-state index in [-0.39, 0.29) is 5.91 Å². The van der Waals surface area contributed by atoms with Crippen molar-refractivity contribution in [3.05, 3.63) is 35.9 Å². The van der Waals surface area contributed by atoms with Gasteiger partial charge in [-0.15, -0.1) is 0 Å². The lowest BCUT2D eigenvalue weighted by Crippen LogP contribution is -2.27. The zero-order valence-corrected chi connectivity index (χ0v) is 9.93. The number of anilines is 1. The van der Waals surface area contributed by atoms with Crippen molar-refractivity contribution in [2.75, 3.05) is 26.0 Å². The molecule has 1 N–H and O–H groups in total. The second-order valence-corrected chi connectivity index (χ2v) is 3.82. The number of nitrogens with one attached hydrogen (secondary N) is 1. The van der Waals surface area contributed by atoms with Crippen LogP contribution in [0.1, 0.15) is 5.56 Å². The van der Waals surface area contributed by atoms with Crippen molar-refractivity contribution in [2.24, 2.45) is 0 Å². The van der Waals surface area contributed by atoms with E-state index >= 15 is 0 Å². The monoisotopic (exact) mass is 231 g/mol. The SMILES string of the molecule is CN(C)CC(=O)Nc1ccccc1/C=C/[C]=O. The van der Waals surface area contributed by atoms with Crippen molar-refractivity contribution in [1.82, 2.24) is 4.90 Å². The summed E-state index contributed by atoms with van der Waals surface area (Å²) in [5, 5.41) is 2.79. The fourth-order valence-electron chi connectivity index (χ4n) is 1.36. The minimum Gasteiger partial charge on any atom is -0.324 e. The summed E-state index contributed by atoms with van der Waals surface area (Å²) in [5.74, 6) is -0.0917. The molecule has 0 bridgehead atoms. The van der Waals surface area contributed by atoms with Gasteiger partial charge in [0.1, 0.15) is 0 Å². The van der Waals surface area contributed by atoms with Gasteiger partial charge >= 0.3 is 0 Å². The molecule has 0 aliphatic carbocycles. The van der Waals surface area contributed by atoms with Gasteiger partial charge in [0.15, 0.2) is 0 Å². The van der Waals surface area contributed by atoms with E-state index in [1.54, 1.807) is 23.3 Å². The Morgan fingerprint density at radius 1 is 1.41 bits per heavy atom. The lowest BCUT2D eigenvalue weighted by molar-refractivity contribution is -0.116. The number of amides is 1. The fraction of sp³-hybridized carbons (Fsp3) is 0.231. The molecular weight excluding hydrogens is 216 g/mol. The molecule has 0 saturated heterocycles. The molecule has 0 saturated carbocycles. The van der Waals surface area contributed by atoms with Crippen LogP contribution in [-0.4, -0.2) is 37.7 Å². The molecule has 0 aromatic heterocycles. The summed E-state index contributed by atoms with van der Waals surface area (Å²) in [4.78, 5) is 23.5. The van der Waals surface area contributed by atoms with Crippen LogP contribution in [0, 0.1) is 0 Å². The van der Waals surface area contributed by atoms with E-state index < -0.39 is 0 Å². The first-order valence-electron chi connectivity index (χ1n) is 5.21. The van der Waals surface area contributed by atoms with Gasteiger partial charge in [-0.1, -0.05) is 18.2 Å². The summed E-state index contributed by atoms with van der Waals surface area (Å²) >= 11 is 0. The topological polar surface area (TPSA) is 49.4 Å². The molecule has 0 atom stereocenters. The molecule has 0 aliphatic rings. The van der Waals surface area contributed by atoms with Crippen molar-refractivity contribution in [3.63, 3.8) is 0 Å². The third-order valence-electron chi connectivity index (χ3n) is 2.03. The first-order valence-corrected chi connectivity index (χ1v) is 5.21. The Balaban J connectivity index is 2.79. The second-order valence-electron chi connectivity index (χ2n) is 3.82. The van der Waals surface area contributed by atoms with Gasteiger partial charge in [0.25, 0.3) is 0 Å². The highest BCUT2D eigenvalue weighted by Gasteiger charge is 2.05. The number of benzene rings is 1. The maximum Gasteiger partial charge on any atom is 0.238 e. The maximum absolute atomic E-state index is 11.6.